The van der Waals surface area contributed by atoms with Gasteiger partial charge in [-0.3, -0.25) is 9.59 Å². The predicted octanol–water partition coefficient (Wildman–Crippen LogP) is 6.05. The summed E-state index contributed by atoms with van der Waals surface area (Å²) in [5, 5.41) is 0. The van der Waals surface area contributed by atoms with Crippen LogP contribution < -0.4 is 9.47 Å². The maximum Gasteiger partial charge on any atom is 0.182 e. The van der Waals surface area contributed by atoms with E-state index in [1.54, 1.807) is 60.7 Å². The average Bonchev–Trinajstić information content (AvgIpc) is 3.00. The van der Waals surface area contributed by atoms with Gasteiger partial charge in [-0.1, -0.05) is 43.0 Å². The molecule has 0 unspecified atom stereocenters. The molecule has 8 nitrogen and oxygen atoms in total. The molecule has 0 bridgehead atoms. The summed E-state index contributed by atoms with van der Waals surface area (Å²) >= 11 is 0. The molecular formula is C34H32O8S2. The zero-order valence-corrected chi connectivity index (χ0v) is 26.0. The van der Waals surface area contributed by atoms with Gasteiger partial charge in [0.1, 0.15) is 24.7 Å². The Kier molecular flexibility index (Phi) is 10.2. The van der Waals surface area contributed by atoms with Crippen molar-refractivity contribution in [1.82, 2.24) is 0 Å². The van der Waals surface area contributed by atoms with Gasteiger partial charge in [0.25, 0.3) is 0 Å². The minimum absolute atomic E-state index is 0.0407. The third-order valence-electron chi connectivity index (χ3n) is 6.69. The van der Waals surface area contributed by atoms with Crippen LogP contribution in [-0.4, -0.2) is 41.6 Å². The number of hydrogen-bond donors (Lipinski definition) is 0. The van der Waals surface area contributed by atoms with Crippen molar-refractivity contribution in [1.29, 1.82) is 0 Å². The molecule has 0 atom stereocenters. The molecule has 4 rings (SSSR count). The molecule has 0 heterocycles. The van der Waals surface area contributed by atoms with Gasteiger partial charge in [0.2, 0.25) is 0 Å². The monoisotopic (exact) mass is 632 g/mol. The molecule has 0 amide bonds. The maximum absolute atomic E-state index is 13.1. The van der Waals surface area contributed by atoms with Crippen LogP contribution in [0.5, 0.6) is 11.5 Å². The molecule has 0 fully saturated rings. The van der Waals surface area contributed by atoms with Gasteiger partial charge < -0.3 is 9.47 Å². The number of ether oxygens (including phenoxy) is 2. The quantitative estimate of drug-likeness (QED) is 0.122. The first kappa shape index (κ1) is 32.4. The number of benzene rings is 4. The number of carbonyl (C=O) groups is 2. The van der Waals surface area contributed by atoms with Gasteiger partial charge in [-0.25, -0.2) is 16.8 Å². The number of ketones is 2. The van der Waals surface area contributed by atoms with E-state index in [-0.39, 0.29) is 57.6 Å². The zero-order valence-electron chi connectivity index (χ0n) is 24.4. The van der Waals surface area contributed by atoms with E-state index >= 15 is 0 Å². The average molecular weight is 633 g/mol. The van der Waals surface area contributed by atoms with Gasteiger partial charge in [0.05, 0.1) is 21.3 Å². The van der Waals surface area contributed by atoms with Crippen LogP contribution in [0.1, 0.15) is 45.7 Å². The second-order valence-electron chi connectivity index (χ2n) is 10.2. The third-order valence-corrected chi connectivity index (χ3v) is 10.1. The summed E-state index contributed by atoms with van der Waals surface area (Å²) in [6.07, 6.45) is 0. The highest BCUT2D eigenvalue weighted by Gasteiger charge is 2.21. The smallest absolute Gasteiger partial charge is 0.182 e. The summed E-state index contributed by atoms with van der Waals surface area (Å²) in [7, 11) is -7.45. The van der Waals surface area contributed by atoms with Crippen LogP contribution in [0, 0.1) is 0 Å². The number of carbonyl (C=O) groups excluding carboxylic acids is 2. The molecule has 0 N–H and O–H groups in total. The number of sulfone groups is 2. The molecule has 0 aromatic heterocycles. The van der Waals surface area contributed by atoms with E-state index in [4.69, 9.17) is 9.47 Å². The number of hydrogen-bond acceptors (Lipinski definition) is 8. The Balaban J connectivity index is 1.49. The molecule has 10 heteroatoms. The molecule has 0 spiro atoms. The van der Waals surface area contributed by atoms with Gasteiger partial charge in [-0.15, -0.1) is 0 Å². The molecule has 4 aromatic carbocycles. The van der Waals surface area contributed by atoms with Crippen LogP contribution in [-0.2, 0) is 31.2 Å². The van der Waals surface area contributed by atoms with E-state index in [1.807, 2.05) is 0 Å². The molecule has 0 saturated heterocycles. The molecule has 4 aromatic rings. The van der Waals surface area contributed by atoms with Crippen LogP contribution in [0.4, 0.5) is 0 Å². The van der Waals surface area contributed by atoms with E-state index in [9.17, 15) is 26.4 Å². The lowest BCUT2D eigenvalue weighted by molar-refractivity contribution is 0.100. The van der Waals surface area contributed by atoms with E-state index < -0.39 is 19.7 Å². The van der Waals surface area contributed by atoms with Gasteiger partial charge >= 0.3 is 0 Å². The molecule has 44 heavy (non-hydrogen) atoms. The largest absolute Gasteiger partial charge is 0.489 e. The minimum atomic E-state index is -3.72. The lowest BCUT2D eigenvalue weighted by atomic mass is 10.1. The van der Waals surface area contributed by atoms with E-state index in [0.717, 1.165) is 0 Å². The van der Waals surface area contributed by atoms with Crippen molar-refractivity contribution in [3.8, 4) is 11.5 Å². The summed E-state index contributed by atoms with van der Waals surface area (Å²) in [5.41, 5.74) is 1.83. The molecule has 0 aliphatic rings. The van der Waals surface area contributed by atoms with Crippen molar-refractivity contribution < 1.29 is 35.9 Å². The standard InChI is InChI=1S/C34H32O8S2/c1-24(20-41-33-16-14-27(25(2)35)18-29(33)22-43(37,38)31-10-6-4-7-11-31)21-42-34-17-15-28(26(3)36)19-30(34)23-44(39,40)32-12-8-5-9-13-32/h4-19H,1,20-23H2,2-3H3. The Hall–Kier alpha value is -4.54. The highest BCUT2D eigenvalue weighted by atomic mass is 32.2. The summed E-state index contributed by atoms with van der Waals surface area (Å²) in [6, 6.07) is 25.2. The van der Waals surface area contributed by atoms with Crippen molar-refractivity contribution in [3.05, 3.63) is 131 Å². The lowest BCUT2D eigenvalue weighted by Crippen LogP contribution is -2.13. The van der Waals surface area contributed by atoms with Crippen LogP contribution >= 0.6 is 0 Å². The first-order valence-electron chi connectivity index (χ1n) is 13.6. The van der Waals surface area contributed by atoms with Crippen molar-refractivity contribution in [2.75, 3.05) is 13.2 Å². The van der Waals surface area contributed by atoms with Crippen LogP contribution in [0.15, 0.2) is 119 Å². The molecule has 0 radical (unpaired) electrons. The van der Waals surface area contributed by atoms with Gasteiger partial charge in [0.15, 0.2) is 31.2 Å². The first-order chi connectivity index (χ1) is 20.9. The van der Waals surface area contributed by atoms with Crippen LogP contribution in [0.3, 0.4) is 0 Å². The number of Topliss-reactive ketones (excluding diaryl/α,β-unsaturated/α-hetero) is 2. The summed E-state index contributed by atoms with van der Waals surface area (Å²) in [6.45, 7) is 6.70. The Morgan fingerprint density at radius 2 is 0.955 bits per heavy atom. The predicted molar refractivity (Wildman–Crippen MR) is 168 cm³/mol. The fourth-order valence-electron chi connectivity index (χ4n) is 4.34. The van der Waals surface area contributed by atoms with Crippen molar-refractivity contribution in [3.63, 3.8) is 0 Å². The van der Waals surface area contributed by atoms with E-state index in [1.165, 1.54) is 50.2 Å². The fraction of sp³-hybridized carbons (Fsp3) is 0.176. The van der Waals surface area contributed by atoms with Crippen molar-refractivity contribution >= 4 is 31.2 Å². The normalized spacial score (nSPS) is 11.5. The van der Waals surface area contributed by atoms with Crippen molar-refractivity contribution in [2.24, 2.45) is 0 Å². The molecule has 228 valence electrons. The summed E-state index contributed by atoms with van der Waals surface area (Å²) < 4.78 is 64.2. The Bertz CT molecular complexity index is 1760. The SMILES string of the molecule is C=C(COc1ccc(C(C)=O)cc1CS(=O)(=O)c1ccccc1)COc1ccc(C(C)=O)cc1CS(=O)(=O)c1ccccc1. The highest BCUT2D eigenvalue weighted by Crippen LogP contribution is 2.28. The van der Waals surface area contributed by atoms with Crippen molar-refractivity contribution in [2.45, 2.75) is 35.1 Å². The third kappa shape index (κ3) is 8.30. The van der Waals surface area contributed by atoms with E-state index in [0.29, 0.717) is 27.8 Å². The van der Waals surface area contributed by atoms with Crippen LogP contribution in [0.2, 0.25) is 0 Å². The molecular weight excluding hydrogens is 601 g/mol. The maximum atomic E-state index is 13.1. The first-order valence-corrected chi connectivity index (χ1v) is 16.9. The fourth-order valence-corrected chi connectivity index (χ4v) is 7.08. The minimum Gasteiger partial charge on any atom is -0.489 e. The molecule has 0 aliphatic heterocycles. The van der Waals surface area contributed by atoms with Gasteiger partial charge in [-0.2, -0.15) is 0 Å². The van der Waals surface area contributed by atoms with Gasteiger partial charge in [-0.05, 0) is 80.1 Å². The Morgan fingerprint density at radius 3 is 1.30 bits per heavy atom. The topological polar surface area (TPSA) is 121 Å². The summed E-state index contributed by atoms with van der Waals surface area (Å²) in [4.78, 5) is 24.3. The Labute approximate surface area is 257 Å². The summed E-state index contributed by atoms with van der Waals surface area (Å²) in [5.74, 6) is -0.634. The van der Waals surface area contributed by atoms with E-state index in [2.05, 4.69) is 6.58 Å². The highest BCUT2D eigenvalue weighted by molar-refractivity contribution is 7.91. The Morgan fingerprint density at radius 1 is 0.591 bits per heavy atom. The number of rotatable bonds is 14. The molecule has 0 aliphatic carbocycles. The second kappa shape index (κ2) is 13.8. The molecule has 0 saturated carbocycles. The zero-order chi connectivity index (χ0) is 31.9. The second-order valence-corrected chi connectivity index (χ2v) is 14.2. The van der Waals surface area contributed by atoms with Crippen LogP contribution in [0.25, 0.3) is 0 Å². The van der Waals surface area contributed by atoms with Gasteiger partial charge in [0, 0.05) is 22.3 Å². The lowest BCUT2D eigenvalue weighted by Gasteiger charge is -2.16.